The first kappa shape index (κ1) is 19.7. The van der Waals surface area contributed by atoms with E-state index in [1.54, 1.807) is 0 Å². The van der Waals surface area contributed by atoms with E-state index in [9.17, 15) is 0 Å². The monoisotopic (exact) mass is 414 g/mol. The summed E-state index contributed by atoms with van der Waals surface area (Å²) in [5, 5.41) is 2.53. The number of rotatable bonds is 1. The molecular weight excluding hydrogens is 380 g/mol. The van der Waals surface area contributed by atoms with Crippen LogP contribution in [0.4, 0.5) is 0 Å². The molecule has 3 heterocycles. The number of nitrogens with two attached hydrogens (primary N) is 1. The lowest BCUT2D eigenvalue weighted by Crippen LogP contribution is -2.50. The van der Waals surface area contributed by atoms with Crippen molar-refractivity contribution in [3.63, 3.8) is 0 Å². The van der Waals surface area contributed by atoms with Gasteiger partial charge in [-0.25, -0.2) is 0 Å². The first-order valence-corrected chi connectivity index (χ1v) is 12.3. The van der Waals surface area contributed by atoms with E-state index in [0.29, 0.717) is 11.8 Å². The Morgan fingerprint density at radius 3 is 2.94 bits per heavy atom. The smallest absolute Gasteiger partial charge is 0.0966 e. The number of ether oxygens (including phenoxy) is 1. The Kier molecular flexibility index (Phi) is 4.63. The molecule has 2 aliphatic carbocycles. The van der Waals surface area contributed by atoms with Crippen molar-refractivity contribution in [2.24, 2.45) is 11.7 Å². The van der Waals surface area contributed by atoms with Crippen molar-refractivity contribution in [3.8, 4) is 0 Å². The van der Waals surface area contributed by atoms with Gasteiger partial charge in [-0.05, 0) is 104 Å². The van der Waals surface area contributed by atoms with Crippen molar-refractivity contribution in [1.82, 2.24) is 4.98 Å². The molecule has 2 spiro atoms. The van der Waals surface area contributed by atoms with Gasteiger partial charge >= 0.3 is 0 Å². The lowest BCUT2D eigenvalue weighted by atomic mass is 9.74. The minimum absolute atomic E-state index is 0.0674. The lowest BCUT2D eigenvalue weighted by molar-refractivity contribution is -0.109. The van der Waals surface area contributed by atoms with Crippen molar-refractivity contribution in [3.05, 3.63) is 65.5 Å². The Hall–Kier alpha value is -1.97. The SMILES string of the molecule is C[C@H]1CCC(c2ccc3ccncc3c2)CC/C=C2/C=C3CC[C@@H](N)C[C@]34CC[C@@]21O4. The Morgan fingerprint density at radius 2 is 2.00 bits per heavy atom. The number of nitrogens with zero attached hydrogens (tertiary/aromatic N) is 1. The van der Waals surface area contributed by atoms with Crippen molar-refractivity contribution in [2.75, 3.05) is 0 Å². The Balaban J connectivity index is 1.32. The molecule has 0 amide bonds. The molecule has 5 atom stereocenters. The number of pyridine rings is 1. The predicted molar refractivity (Wildman–Crippen MR) is 126 cm³/mol. The number of allylic oxidation sites excluding steroid dienone is 1. The van der Waals surface area contributed by atoms with Gasteiger partial charge in [0.25, 0.3) is 0 Å². The second kappa shape index (κ2) is 7.28. The highest BCUT2D eigenvalue weighted by molar-refractivity contribution is 5.82. The second-order valence-electron chi connectivity index (χ2n) is 10.6. The molecule has 0 radical (unpaired) electrons. The van der Waals surface area contributed by atoms with Crippen molar-refractivity contribution in [2.45, 2.75) is 87.9 Å². The molecule has 2 fully saturated rings. The van der Waals surface area contributed by atoms with Gasteiger partial charge in [0.2, 0.25) is 0 Å². The molecule has 1 aromatic heterocycles. The first-order valence-electron chi connectivity index (χ1n) is 12.3. The van der Waals surface area contributed by atoms with Gasteiger partial charge in [-0.1, -0.05) is 31.2 Å². The standard InChI is InChI=1S/C28H34N2O/c1-19-5-6-20(22-8-7-21-11-14-30-18-23(21)15-22)3-2-4-25-16-24-9-10-26(29)17-27(24)12-13-28(19,25)31-27/h4,7-8,11,14-16,18-20,26H,2-3,5-6,9-10,12-13,17,29H2,1H3/b25-4-/t19-,20?,26+,27+,28-/m0/s1. The third-order valence-electron chi connectivity index (χ3n) is 8.82. The summed E-state index contributed by atoms with van der Waals surface area (Å²) in [5.74, 6) is 1.12. The molecule has 1 unspecified atom stereocenters. The second-order valence-corrected chi connectivity index (χ2v) is 10.6. The third kappa shape index (κ3) is 3.12. The van der Waals surface area contributed by atoms with Gasteiger partial charge in [0.1, 0.15) is 0 Å². The van der Waals surface area contributed by atoms with E-state index in [1.165, 1.54) is 46.7 Å². The zero-order valence-electron chi connectivity index (χ0n) is 18.6. The van der Waals surface area contributed by atoms with Crippen LogP contribution in [0.1, 0.15) is 76.2 Å². The number of hydrogen-bond acceptors (Lipinski definition) is 3. The minimum atomic E-state index is -0.0945. The van der Waals surface area contributed by atoms with Crippen LogP contribution >= 0.6 is 0 Å². The molecule has 3 nitrogen and oxygen atoms in total. The van der Waals surface area contributed by atoms with Crippen molar-refractivity contribution < 1.29 is 4.74 Å². The highest BCUT2D eigenvalue weighted by atomic mass is 16.5. The summed E-state index contributed by atoms with van der Waals surface area (Å²) in [6.07, 6.45) is 19.2. The normalized spacial score (nSPS) is 39.4. The van der Waals surface area contributed by atoms with Gasteiger partial charge in [0.15, 0.2) is 0 Å². The van der Waals surface area contributed by atoms with E-state index >= 15 is 0 Å². The van der Waals surface area contributed by atoms with Crippen LogP contribution in [0.3, 0.4) is 0 Å². The van der Waals surface area contributed by atoms with Crippen LogP contribution in [-0.2, 0) is 4.74 Å². The molecule has 2 bridgehead atoms. The molecule has 2 N–H and O–H groups in total. The van der Waals surface area contributed by atoms with Crippen LogP contribution < -0.4 is 5.73 Å². The zero-order chi connectivity index (χ0) is 21.1. The molecule has 1 saturated carbocycles. The van der Waals surface area contributed by atoms with E-state index < -0.39 is 0 Å². The summed E-state index contributed by atoms with van der Waals surface area (Å²) in [4.78, 5) is 4.33. The van der Waals surface area contributed by atoms with Crippen molar-refractivity contribution in [1.29, 1.82) is 0 Å². The molecule has 4 aliphatic rings. The van der Waals surface area contributed by atoms with Crippen LogP contribution in [0.5, 0.6) is 0 Å². The summed E-state index contributed by atoms with van der Waals surface area (Å²) in [6, 6.07) is 9.36. The highest BCUT2D eigenvalue weighted by Crippen LogP contribution is 2.59. The Bertz CT molecular complexity index is 1070. The molecule has 1 aromatic carbocycles. The van der Waals surface area contributed by atoms with Crippen LogP contribution in [-0.4, -0.2) is 22.2 Å². The largest absolute Gasteiger partial charge is 0.359 e. The van der Waals surface area contributed by atoms with Crippen LogP contribution in [0.2, 0.25) is 0 Å². The van der Waals surface area contributed by atoms with Crippen LogP contribution in [0, 0.1) is 5.92 Å². The molecule has 31 heavy (non-hydrogen) atoms. The van der Waals surface area contributed by atoms with Gasteiger partial charge in [0.05, 0.1) is 11.2 Å². The first-order chi connectivity index (χ1) is 15.1. The maximum atomic E-state index is 7.13. The average molecular weight is 415 g/mol. The fraction of sp³-hybridized carbons (Fsp3) is 0.536. The van der Waals surface area contributed by atoms with E-state index in [1.807, 2.05) is 12.4 Å². The summed E-state index contributed by atoms with van der Waals surface area (Å²) in [5.41, 5.74) is 10.7. The topological polar surface area (TPSA) is 48.1 Å². The third-order valence-corrected chi connectivity index (χ3v) is 8.82. The minimum Gasteiger partial charge on any atom is -0.359 e. The van der Waals surface area contributed by atoms with Gasteiger partial charge in [-0.15, -0.1) is 0 Å². The Morgan fingerprint density at radius 1 is 1.06 bits per heavy atom. The van der Waals surface area contributed by atoms with Gasteiger partial charge < -0.3 is 10.5 Å². The molecule has 162 valence electrons. The predicted octanol–water partition coefficient (Wildman–Crippen LogP) is 6.19. The number of fused-ring (bicyclic) bond motifs is 1. The van der Waals surface area contributed by atoms with E-state index in [0.717, 1.165) is 38.5 Å². The fourth-order valence-electron chi connectivity index (χ4n) is 6.97. The lowest BCUT2D eigenvalue weighted by Gasteiger charge is -2.48. The molecule has 3 heteroatoms. The van der Waals surface area contributed by atoms with Crippen molar-refractivity contribution >= 4 is 10.8 Å². The number of hydrogen-bond donors (Lipinski definition) is 1. The van der Waals surface area contributed by atoms with E-state index in [-0.39, 0.29) is 17.2 Å². The number of benzene rings is 1. The van der Waals surface area contributed by atoms with Gasteiger partial charge in [-0.3, -0.25) is 4.98 Å². The molecule has 2 aliphatic heterocycles. The van der Waals surface area contributed by atoms with Gasteiger partial charge in [0, 0.05) is 23.8 Å². The average Bonchev–Trinajstić information content (AvgIpc) is 3.13. The summed E-state index contributed by atoms with van der Waals surface area (Å²) >= 11 is 0. The van der Waals surface area contributed by atoms with Crippen LogP contribution in [0.25, 0.3) is 10.8 Å². The summed E-state index contributed by atoms with van der Waals surface area (Å²) in [6.45, 7) is 2.43. The molecule has 6 rings (SSSR count). The molecule has 1 saturated heterocycles. The summed E-state index contributed by atoms with van der Waals surface area (Å²) in [7, 11) is 0. The molecular formula is C28H34N2O. The highest BCUT2D eigenvalue weighted by Gasteiger charge is 2.58. The van der Waals surface area contributed by atoms with Crippen LogP contribution in [0.15, 0.2) is 60.0 Å². The molecule has 2 aromatic rings. The summed E-state index contributed by atoms with van der Waals surface area (Å²) < 4.78 is 7.13. The number of aromatic nitrogens is 1. The maximum Gasteiger partial charge on any atom is 0.0966 e. The zero-order valence-corrected chi connectivity index (χ0v) is 18.6. The quantitative estimate of drug-likeness (QED) is 0.605. The maximum absolute atomic E-state index is 7.13. The van der Waals surface area contributed by atoms with Gasteiger partial charge in [-0.2, -0.15) is 0 Å². The Labute approximate surface area is 185 Å². The fourth-order valence-corrected chi connectivity index (χ4v) is 6.97. The van der Waals surface area contributed by atoms with E-state index in [2.05, 4.69) is 48.3 Å². The van der Waals surface area contributed by atoms with E-state index in [4.69, 9.17) is 10.5 Å².